The Kier molecular flexibility index (Phi) is 8.26. The average molecular weight is 652 g/mol. The molecule has 3 nitrogen and oxygen atoms in total. The summed E-state index contributed by atoms with van der Waals surface area (Å²) in [5.41, 5.74) is 12.0. The van der Waals surface area contributed by atoms with E-state index in [-0.39, 0.29) is 0 Å². The van der Waals surface area contributed by atoms with Gasteiger partial charge in [0.25, 0.3) is 0 Å². The van der Waals surface area contributed by atoms with Crippen LogP contribution < -0.4 is 14.7 Å². The number of quaternary nitrogens is 1. The number of hydrogen-bond acceptors (Lipinski definition) is 4. The zero-order valence-corrected chi connectivity index (χ0v) is 27.5. The predicted octanol–water partition coefficient (Wildman–Crippen LogP) is 10.1. The van der Waals surface area contributed by atoms with Crippen LogP contribution in [0.5, 0.6) is 0 Å². The summed E-state index contributed by atoms with van der Waals surface area (Å²) in [5, 5.41) is 3.83. The number of rotatable bonds is 5. The van der Waals surface area contributed by atoms with E-state index >= 15 is 0 Å². The van der Waals surface area contributed by atoms with Crippen LogP contribution in [0.15, 0.2) is 158 Å². The molecule has 1 atom stereocenters. The van der Waals surface area contributed by atoms with Gasteiger partial charge in [0.15, 0.2) is 5.69 Å². The van der Waals surface area contributed by atoms with Crippen molar-refractivity contribution in [1.29, 1.82) is 0 Å². The fourth-order valence-electron chi connectivity index (χ4n) is 5.80. The van der Waals surface area contributed by atoms with E-state index < -0.39 is 0 Å². The minimum atomic E-state index is 0.753. The molecular weight excluding hydrogens is 621 g/mol. The summed E-state index contributed by atoms with van der Waals surface area (Å²) in [4.78, 5) is 8.28. The Morgan fingerprint density at radius 1 is 0.795 bits per heavy atom. The lowest BCUT2D eigenvalue weighted by Crippen LogP contribution is -3.00. The molecule has 1 N–H and O–H groups in total. The van der Waals surface area contributed by atoms with E-state index in [4.69, 9.17) is 23.2 Å². The topological polar surface area (TPSA) is 10.9 Å². The predicted molar refractivity (Wildman–Crippen MR) is 189 cm³/mol. The molecule has 0 aromatic heterocycles. The lowest BCUT2D eigenvalue weighted by atomic mass is 10.1. The summed E-state index contributed by atoms with van der Waals surface area (Å²) in [6.45, 7) is 0. The highest BCUT2D eigenvalue weighted by Gasteiger charge is 2.30. The highest BCUT2D eigenvalue weighted by Crippen LogP contribution is 2.47. The lowest BCUT2D eigenvalue weighted by molar-refractivity contribution is -0.755. The van der Waals surface area contributed by atoms with Gasteiger partial charge < -0.3 is 9.80 Å². The van der Waals surface area contributed by atoms with E-state index in [2.05, 4.69) is 127 Å². The molecule has 2 heterocycles. The zero-order chi connectivity index (χ0) is 30.2. The van der Waals surface area contributed by atoms with Crippen LogP contribution in [0.3, 0.4) is 0 Å². The van der Waals surface area contributed by atoms with Gasteiger partial charge in [-0.3, -0.25) is 4.90 Å². The summed E-state index contributed by atoms with van der Waals surface area (Å²) < 4.78 is 0. The van der Waals surface area contributed by atoms with Crippen molar-refractivity contribution < 1.29 is 4.90 Å². The summed E-state index contributed by atoms with van der Waals surface area (Å²) >= 11 is 16.2. The maximum Gasteiger partial charge on any atom is 0.219 e. The highest BCUT2D eigenvalue weighted by atomic mass is 35.5. The van der Waals surface area contributed by atoms with E-state index in [9.17, 15) is 0 Å². The molecule has 7 rings (SSSR count). The number of para-hydroxylation sites is 2. The van der Waals surface area contributed by atoms with Crippen molar-refractivity contribution in [1.82, 2.24) is 0 Å². The molecule has 0 radical (unpaired) electrons. The Morgan fingerprint density at radius 3 is 2.16 bits per heavy atom. The molecule has 4 aromatic carbocycles. The number of nitrogens with zero attached hydrogens (tertiary/aromatic N) is 2. The second-order valence-corrected chi connectivity index (χ2v) is 13.8. The van der Waals surface area contributed by atoms with Crippen molar-refractivity contribution in [2.75, 3.05) is 23.9 Å². The van der Waals surface area contributed by atoms with Gasteiger partial charge >= 0.3 is 0 Å². The van der Waals surface area contributed by atoms with Crippen LogP contribution >= 0.6 is 46.7 Å². The molecule has 1 unspecified atom stereocenters. The number of fused-ring (bicyclic) bond motifs is 2. The quantitative estimate of drug-likeness (QED) is 0.215. The molecule has 44 heavy (non-hydrogen) atoms. The van der Waals surface area contributed by atoms with Crippen LogP contribution in [-0.2, 0) is 0 Å². The first-order valence-corrected chi connectivity index (χ1v) is 16.9. The minimum absolute atomic E-state index is 0.753. The zero-order valence-electron chi connectivity index (χ0n) is 24.4. The third-order valence-corrected chi connectivity index (χ3v) is 10.9. The molecule has 0 saturated carbocycles. The van der Waals surface area contributed by atoms with Crippen LogP contribution in [-0.4, -0.2) is 14.1 Å². The van der Waals surface area contributed by atoms with Gasteiger partial charge in [0.05, 0.1) is 28.4 Å². The Labute approximate surface area is 277 Å². The molecule has 0 amide bonds. The Balaban J connectivity index is 1.34. The number of thioether (sulfide) groups is 2. The van der Waals surface area contributed by atoms with Gasteiger partial charge in [0.1, 0.15) is 0 Å². The van der Waals surface area contributed by atoms with Gasteiger partial charge in [-0.2, -0.15) is 0 Å². The Morgan fingerprint density at radius 2 is 1.45 bits per heavy atom. The standard InChI is InChI=1S/C37H29Cl2N3S2/c1-40-31-23-27(38)17-19-33(31)43-35(40)21-15-25-13-14-26(16-22-36-41(2)32-24-28(39)18-20-34(32)44-36)37(25)42(29-9-5-3-6-10-29)30-11-7-4-8-12-30/h3-12,15-21,23-24H,13-14H2,1-2H3/p+1. The van der Waals surface area contributed by atoms with Crippen molar-refractivity contribution >= 4 is 69.5 Å². The van der Waals surface area contributed by atoms with Crippen molar-refractivity contribution in [3.63, 3.8) is 0 Å². The number of hydrogen-bond donors (Lipinski definition) is 1. The molecular formula is C37H30Cl2N3S2+. The molecule has 0 fully saturated rings. The van der Waals surface area contributed by atoms with Crippen molar-refractivity contribution in [3.8, 4) is 0 Å². The van der Waals surface area contributed by atoms with E-state index in [1.165, 1.54) is 42.3 Å². The second-order valence-electron chi connectivity index (χ2n) is 10.8. The highest BCUT2D eigenvalue weighted by molar-refractivity contribution is 8.03. The first-order chi connectivity index (χ1) is 21.5. The first-order valence-electron chi connectivity index (χ1n) is 14.5. The number of allylic oxidation sites excluding steroid dienone is 5. The maximum atomic E-state index is 6.33. The maximum absolute atomic E-state index is 6.33. The Bertz CT molecular complexity index is 1870. The third-order valence-electron chi connectivity index (χ3n) is 8.05. The van der Waals surface area contributed by atoms with E-state index in [0.29, 0.717) is 0 Å². The molecule has 3 aliphatic rings. The van der Waals surface area contributed by atoms with Gasteiger partial charge in [0, 0.05) is 39.4 Å². The summed E-state index contributed by atoms with van der Waals surface area (Å²) in [6.07, 6.45) is 8.63. The molecule has 0 spiro atoms. The summed E-state index contributed by atoms with van der Waals surface area (Å²) in [6, 6.07) is 33.5. The number of halogens is 2. The van der Waals surface area contributed by atoms with Crippen LogP contribution in [0.2, 0.25) is 10.0 Å². The molecule has 0 bridgehead atoms. The second kappa shape index (κ2) is 12.5. The normalized spacial score (nSPS) is 19.0. The largest absolute Gasteiger partial charge is 0.338 e. The van der Waals surface area contributed by atoms with E-state index in [0.717, 1.165) is 45.0 Å². The Hall–Kier alpha value is -3.54. The SMILES string of the molecule is CN1C(=CC=C2CCC(C=C=C3Sc4ccc(Cl)cc4[NH+]3C)=C2N(c2ccccc2)c2ccccc2)Sc2ccc(Cl)cc21. The molecule has 1 aliphatic carbocycles. The number of benzene rings is 4. The van der Waals surface area contributed by atoms with Crippen LogP contribution in [0.4, 0.5) is 22.7 Å². The van der Waals surface area contributed by atoms with Crippen LogP contribution in [0.1, 0.15) is 12.8 Å². The first kappa shape index (κ1) is 29.2. The van der Waals surface area contributed by atoms with Gasteiger partial charge in [-0.1, -0.05) is 77.4 Å². The van der Waals surface area contributed by atoms with Crippen molar-refractivity contribution in [3.05, 3.63) is 158 Å². The van der Waals surface area contributed by atoms with Gasteiger partial charge in [-0.15, -0.1) is 0 Å². The fourth-order valence-corrected chi connectivity index (χ4v) is 8.23. The monoisotopic (exact) mass is 650 g/mol. The smallest absolute Gasteiger partial charge is 0.219 e. The van der Waals surface area contributed by atoms with Gasteiger partial charge in [-0.25, -0.2) is 0 Å². The minimum Gasteiger partial charge on any atom is -0.338 e. The third kappa shape index (κ3) is 5.68. The number of nitrogens with one attached hydrogen (secondary N) is 1. The van der Waals surface area contributed by atoms with E-state index in [1.807, 2.05) is 18.2 Å². The summed E-state index contributed by atoms with van der Waals surface area (Å²) in [5.74, 6) is 0. The van der Waals surface area contributed by atoms with Crippen molar-refractivity contribution in [2.24, 2.45) is 0 Å². The van der Waals surface area contributed by atoms with Gasteiger partial charge in [0.2, 0.25) is 5.03 Å². The molecule has 0 saturated heterocycles. The van der Waals surface area contributed by atoms with Gasteiger partial charge in [-0.05, 0) is 108 Å². The van der Waals surface area contributed by atoms with Crippen molar-refractivity contribution in [2.45, 2.75) is 22.6 Å². The molecule has 7 heteroatoms. The number of anilines is 3. The molecule has 218 valence electrons. The van der Waals surface area contributed by atoms with E-state index in [1.54, 1.807) is 23.5 Å². The molecule has 2 aliphatic heterocycles. The summed E-state index contributed by atoms with van der Waals surface area (Å²) in [7, 11) is 4.27. The fraction of sp³-hybridized carbons (Fsp3) is 0.108. The van der Waals surface area contributed by atoms with Crippen LogP contribution in [0, 0.1) is 0 Å². The lowest BCUT2D eigenvalue weighted by Gasteiger charge is -2.28. The van der Waals surface area contributed by atoms with Crippen LogP contribution in [0.25, 0.3) is 0 Å². The average Bonchev–Trinajstić information content (AvgIpc) is 3.69. The molecule has 4 aromatic rings.